The number of carbonyl (C=O) groups excluding carboxylic acids is 2. The lowest BCUT2D eigenvalue weighted by molar-refractivity contribution is -0.140. The van der Waals surface area contributed by atoms with Gasteiger partial charge in [0.15, 0.2) is 0 Å². The van der Waals surface area contributed by atoms with E-state index in [2.05, 4.69) is 0 Å². The fraction of sp³-hybridized carbons (Fsp3) is 0.263. The lowest BCUT2D eigenvalue weighted by Crippen LogP contribution is -2.35. The minimum Gasteiger partial charge on any atom is -0.507 e. The number of likely N-dealkylation sites (N-methyl/N-ethyl adjacent to an activating group) is 1. The predicted molar refractivity (Wildman–Crippen MR) is 92.7 cm³/mol. The maximum absolute atomic E-state index is 13.2. The molecule has 136 valence electrons. The van der Waals surface area contributed by atoms with Crippen LogP contribution >= 0.6 is 0 Å². The van der Waals surface area contributed by atoms with E-state index in [1.165, 1.54) is 35.4 Å². The van der Waals surface area contributed by atoms with Gasteiger partial charge in [0.25, 0.3) is 11.7 Å². The maximum atomic E-state index is 13.2. The van der Waals surface area contributed by atoms with Gasteiger partial charge >= 0.3 is 0 Å². The molecule has 1 aromatic heterocycles. The average molecular weight is 358 g/mol. The molecule has 2 aromatic rings. The SMILES string of the molecule is CN(C)CCN1C(=O)C(=O)C(=C(O)c2ccc(F)cc2)[C@@H]1c1ccco1. The minimum atomic E-state index is -0.824. The van der Waals surface area contributed by atoms with Gasteiger partial charge in [-0.1, -0.05) is 0 Å². The highest BCUT2D eigenvalue weighted by Crippen LogP contribution is 2.39. The van der Waals surface area contributed by atoms with E-state index in [0.29, 0.717) is 18.8 Å². The standard InChI is InChI=1S/C19H19FN2O4/c1-21(2)9-10-22-16(14-4-3-11-26-14)15(18(24)19(22)25)17(23)12-5-7-13(20)8-6-12/h3-8,11,16,23H,9-10H2,1-2H3/t16-/m0/s1. The lowest BCUT2D eigenvalue weighted by Gasteiger charge is -2.24. The fourth-order valence-corrected chi connectivity index (χ4v) is 2.92. The van der Waals surface area contributed by atoms with Crippen molar-refractivity contribution in [1.29, 1.82) is 0 Å². The molecule has 0 saturated carbocycles. The van der Waals surface area contributed by atoms with Crippen molar-refractivity contribution in [1.82, 2.24) is 9.80 Å². The topological polar surface area (TPSA) is 74.0 Å². The molecule has 0 bridgehead atoms. The van der Waals surface area contributed by atoms with Crippen LogP contribution in [-0.2, 0) is 9.59 Å². The molecule has 0 aliphatic carbocycles. The first kappa shape index (κ1) is 17.9. The molecule has 6 nitrogen and oxygen atoms in total. The summed E-state index contributed by atoms with van der Waals surface area (Å²) in [6, 6.07) is 7.55. The third-order valence-corrected chi connectivity index (χ3v) is 4.26. The maximum Gasteiger partial charge on any atom is 0.295 e. The van der Waals surface area contributed by atoms with Crippen molar-refractivity contribution in [2.24, 2.45) is 0 Å². The third kappa shape index (κ3) is 3.25. The van der Waals surface area contributed by atoms with E-state index in [4.69, 9.17) is 4.42 Å². The van der Waals surface area contributed by atoms with Crippen LogP contribution in [0.25, 0.3) is 5.76 Å². The molecule has 2 heterocycles. The molecule has 0 unspecified atom stereocenters. The Morgan fingerprint density at radius 2 is 1.92 bits per heavy atom. The Hall–Kier alpha value is -2.93. The van der Waals surface area contributed by atoms with Crippen LogP contribution in [0.4, 0.5) is 4.39 Å². The van der Waals surface area contributed by atoms with Crippen molar-refractivity contribution < 1.29 is 23.5 Å². The zero-order chi connectivity index (χ0) is 18.8. The van der Waals surface area contributed by atoms with E-state index < -0.39 is 23.5 Å². The van der Waals surface area contributed by atoms with Crippen molar-refractivity contribution in [2.45, 2.75) is 6.04 Å². The Labute approximate surface area is 150 Å². The third-order valence-electron chi connectivity index (χ3n) is 4.26. The summed E-state index contributed by atoms with van der Waals surface area (Å²) in [5.74, 6) is -1.91. The minimum absolute atomic E-state index is 0.0599. The summed E-state index contributed by atoms with van der Waals surface area (Å²) in [5, 5.41) is 10.7. The van der Waals surface area contributed by atoms with E-state index in [9.17, 15) is 19.1 Å². The summed E-state index contributed by atoms with van der Waals surface area (Å²) in [7, 11) is 3.72. The summed E-state index contributed by atoms with van der Waals surface area (Å²) in [5.41, 5.74) is 0.198. The quantitative estimate of drug-likeness (QED) is 0.505. The number of rotatable bonds is 5. The van der Waals surface area contributed by atoms with Crippen molar-refractivity contribution in [3.63, 3.8) is 0 Å². The highest BCUT2D eigenvalue weighted by molar-refractivity contribution is 6.46. The number of furan rings is 1. The smallest absolute Gasteiger partial charge is 0.295 e. The molecule has 1 amide bonds. The van der Waals surface area contributed by atoms with Crippen LogP contribution in [0, 0.1) is 5.82 Å². The van der Waals surface area contributed by atoms with E-state index in [-0.39, 0.29) is 16.9 Å². The van der Waals surface area contributed by atoms with Gasteiger partial charge in [-0.25, -0.2) is 4.39 Å². The number of hydrogen-bond acceptors (Lipinski definition) is 5. The molecule has 1 aliphatic heterocycles. The zero-order valence-electron chi connectivity index (χ0n) is 14.5. The van der Waals surface area contributed by atoms with Crippen molar-refractivity contribution in [2.75, 3.05) is 27.2 Å². The van der Waals surface area contributed by atoms with Gasteiger partial charge in [0.1, 0.15) is 23.4 Å². The summed E-state index contributed by atoms with van der Waals surface area (Å²) in [6.07, 6.45) is 1.44. The zero-order valence-corrected chi connectivity index (χ0v) is 14.5. The Morgan fingerprint density at radius 1 is 1.23 bits per heavy atom. The molecule has 26 heavy (non-hydrogen) atoms. The van der Waals surface area contributed by atoms with Crippen molar-refractivity contribution in [3.8, 4) is 0 Å². The lowest BCUT2D eigenvalue weighted by atomic mass is 9.99. The molecule has 3 rings (SSSR count). The predicted octanol–water partition coefficient (Wildman–Crippen LogP) is 2.40. The van der Waals surface area contributed by atoms with Gasteiger partial charge in [0.2, 0.25) is 0 Å². The number of carbonyl (C=O) groups is 2. The number of hydrogen-bond donors (Lipinski definition) is 1. The molecule has 7 heteroatoms. The van der Waals surface area contributed by atoms with Crippen LogP contribution in [0.2, 0.25) is 0 Å². The van der Waals surface area contributed by atoms with Crippen LogP contribution in [0.15, 0.2) is 52.7 Å². The number of likely N-dealkylation sites (tertiary alicyclic amines) is 1. The van der Waals surface area contributed by atoms with E-state index >= 15 is 0 Å². The molecule has 0 spiro atoms. The largest absolute Gasteiger partial charge is 0.507 e. The Balaban J connectivity index is 2.09. The molecular formula is C19H19FN2O4. The molecule has 1 fully saturated rings. The number of ketones is 1. The molecule has 1 aliphatic rings. The number of aliphatic hydroxyl groups is 1. The van der Waals surface area contributed by atoms with Crippen LogP contribution in [0.5, 0.6) is 0 Å². The number of benzene rings is 1. The highest BCUT2D eigenvalue weighted by Gasteiger charge is 2.47. The first-order valence-corrected chi connectivity index (χ1v) is 8.12. The molecule has 1 saturated heterocycles. The van der Waals surface area contributed by atoms with E-state index in [0.717, 1.165) is 0 Å². The second-order valence-corrected chi connectivity index (χ2v) is 6.32. The van der Waals surface area contributed by atoms with Gasteiger partial charge < -0.3 is 19.3 Å². The number of nitrogens with zero attached hydrogens (tertiary/aromatic N) is 2. The average Bonchev–Trinajstić information content (AvgIpc) is 3.21. The van der Waals surface area contributed by atoms with Gasteiger partial charge in [0.05, 0.1) is 11.8 Å². The highest BCUT2D eigenvalue weighted by atomic mass is 19.1. The van der Waals surface area contributed by atoms with Crippen LogP contribution in [0.3, 0.4) is 0 Å². The number of amides is 1. The summed E-state index contributed by atoms with van der Waals surface area (Å²) < 4.78 is 18.6. The van der Waals surface area contributed by atoms with Gasteiger partial charge in [-0.2, -0.15) is 0 Å². The van der Waals surface area contributed by atoms with E-state index in [1.54, 1.807) is 12.1 Å². The Morgan fingerprint density at radius 3 is 2.50 bits per heavy atom. The van der Waals surface area contributed by atoms with Gasteiger partial charge in [-0.15, -0.1) is 0 Å². The monoisotopic (exact) mass is 358 g/mol. The number of aliphatic hydroxyl groups excluding tert-OH is 1. The molecule has 1 atom stereocenters. The molecule has 1 aromatic carbocycles. The first-order chi connectivity index (χ1) is 12.4. The Bertz CT molecular complexity index is 841. The number of halogens is 1. The molecular weight excluding hydrogens is 339 g/mol. The Kier molecular flexibility index (Phi) is 4.90. The second kappa shape index (κ2) is 7.13. The van der Waals surface area contributed by atoms with Gasteiger partial charge in [-0.3, -0.25) is 9.59 Å². The summed E-state index contributed by atoms with van der Waals surface area (Å²) >= 11 is 0. The molecule has 1 N–H and O–H groups in total. The second-order valence-electron chi connectivity index (χ2n) is 6.32. The molecule has 0 radical (unpaired) electrons. The summed E-state index contributed by atoms with van der Waals surface area (Å²) in [6.45, 7) is 0.837. The van der Waals surface area contributed by atoms with Crippen molar-refractivity contribution >= 4 is 17.4 Å². The number of Topliss-reactive ketones (excluding diaryl/α,β-unsaturated/α-hetero) is 1. The van der Waals surface area contributed by atoms with Gasteiger partial charge in [-0.05, 0) is 50.5 Å². The van der Waals surface area contributed by atoms with E-state index in [1.807, 2.05) is 19.0 Å². The van der Waals surface area contributed by atoms with Crippen LogP contribution in [-0.4, -0.2) is 53.8 Å². The summed E-state index contributed by atoms with van der Waals surface area (Å²) in [4.78, 5) is 28.4. The van der Waals surface area contributed by atoms with Crippen molar-refractivity contribution in [3.05, 3.63) is 65.4 Å². The fourth-order valence-electron chi connectivity index (χ4n) is 2.92. The normalized spacial score (nSPS) is 19.5. The van der Waals surface area contributed by atoms with Gasteiger partial charge in [0, 0.05) is 18.7 Å². The first-order valence-electron chi connectivity index (χ1n) is 8.12. The van der Waals surface area contributed by atoms with Crippen LogP contribution < -0.4 is 0 Å². The van der Waals surface area contributed by atoms with Crippen LogP contribution in [0.1, 0.15) is 17.4 Å².